The Labute approximate surface area is 106 Å². The second-order valence-electron chi connectivity index (χ2n) is 4.72. The highest BCUT2D eigenvalue weighted by molar-refractivity contribution is 5.05. The highest BCUT2D eigenvalue weighted by atomic mass is 15.1. The quantitative estimate of drug-likeness (QED) is 0.866. The van der Waals surface area contributed by atoms with E-state index in [-0.39, 0.29) is 0 Å². The minimum absolute atomic E-state index is 0.686. The lowest BCUT2D eigenvalue weighted by atomic mass is 10.3. The van der Waals surface area contributed by atoms with Gasteiger partial charge in [-0.3, -0.25) is 0 Å². The SMILES string of the molecule is Cc1nccc(CNCc2cncn2C2CC2)n1. The van der Waals surface area contributed by atoms with Crippen molar-refractivity contribution in [1.29, 1.82) is 0 Å². The molecule has 0 amide bonds. The third kappa shape index (κ3) is 2.56. The normalized spacial score (nSPS) is 14.9. The molecule has 0 atom stereocenters. The molecule has 1 aliphatic rings. The fraction of sp³-hybridized carbons (Fsp3) is 0.462. The average molecular weight is 243 g/mol. The van der Waals surface area contributed by atoms with Gasteiger partial charge in [-0.25, -0.2) is 15.0 Å². The molecule has 18 heavy (non-hydrogen) atoms. The zero-order chi connectivity index (χ0) is 12.4. The number of nitrogens with zero attached hydrogens (tertiary/aromatic N) is 4. The molecule has 2 heterocycles. The number of imidazole rings is 1. The summed E-state index contributed by atoms with van der Waals surface area (Å²) in [6, 6.07) is 2.63. The lowest BCUT2D eigenvalue weighted by Gasteiger charge is -2.07. The van der Waals surface area contributed by atoms with Crippen LogP contribution in [-0.4, -0.2) is 19.5 Å². The summed E-state index contributed by atoms with van der Waals surface area (Å²) in [6.07, 6.45) is 8.25. The van der Waals surface area contributed by atoms with Crippen LogP contribution in [0.4, 0.5) is 0 Å². The largest absolute Gasteiger partial charge is 0.330 e. The standard InChI is InChI=1S/C13H17N5/c1-10-16-5-4-11(17-10)6-14-7-13-8-15-9-18(13)12-2-3-12/h4-5,8-9,12,14H,2-3,6-7H2,1H3. The molecular formula is C13H17N5. The van der Waals surface area contributed by atoms with E-state index in [4.69, 9.17) is 0 Å². The zero-order valence-electron chi connectivity index (χ0n) is 10.5. The Morgan fingerprint density at radius 1 is 1.39 bits per heavy atom. The third-order valence-corrected chi connectivity index (χ3v) is 3.13. The molecule has 2 aromatic heterocycles. The number of aryl methyl sites for hydroxylation is 1. The second-order valence-corrected chi connectivity index (χ2v) is 4.72. The maximum Gasteiger partial charge on any atom is 0.125 e. The molecule has 0 spiro atoms. The summed E-state index contributed by atoms with van der Waals surface area (Å²) in [5.74, 6) is 0.817. The van der Waals surface area contributed by atoms with E-state index in [0.717, 1.165) is 24.6 Å². The van der Waals surface area contributed by atoms with E-state index in [1.54, 1.807) is 6.20 Å². The van der Waals surface area contributed by atoms with E-state index < -0.39 is 0 Å². The van der Waals surface area contributed by atoms with Gasteiger partial charge in [0.2, 0.25) is 0 Å². The van der Waals surface area contributed by atoms with Crippen LogP contribution >= 0.6 is 0 Å². The Kier molecular flexibility index (Phi) is 3.06. The highest BCUT2D eigenvalue weighted by Gasteiger charge is 2.24. The zero-order valence-corrected chi connectivity index (χ0v) is 10.5. The fourth-order valence-corrected chi connectivity index (χ4v) is 2.07. The van der Waals surface area contributed by atoms with Crippen LogP contribution in [0.5, 0.6) is 0 Å². The predicted octanol–water partition coefficient (Wildman–Crippen LogP) is 1.61. The smallest absolute Gasteiger partial charge is 0.125 e. The maximum atomic E-state index is 4.37. The van der Waals surface area contributed by atoms with E-state index in [0.29, 0.717) is 6.04 Å². The number of nitrogens with one attached hydrogen (secondary N) is 1. The van der Waals surface area contributed by atoms with Gasteiger partial charge in [0.25, 0.3) is 0 Å². The molecule has 1 N–H and O–H groups in total. The first-order valence-electron chi connectivity index (χ1n) is 6.33. The number of rotatable bonds is 5. The van der Waals surface area contributed by atoms with Crippen molar-refractivity contribution in [1.82, 2.24) is 24.8 Å². The van der Waals surface area contributed by atoms with Crippen LogP contribution in [0.2, 0.25) is 0 Å². The van der Waals surface area contributed by atoms with Gasteiger partial charge < -0.3 is 9.88 Å². The summed E-state index contributed by atoms with van der Waals surface area (Å²) >= 11 is 0. The topological polar surface area (TPSA) is 55.6 Å². The van der Waals surface area contributed by atoms with Crippen molar-refractivity contribution in [2.75, 3.05) is 0 Å². The molecule has 0 saturated heterocycles. The van der Waals surface area contributed by atoms with Crippen molar-refractivity contribution in [3.63, 3.8) is 0 Å². The predicted molar refractivity (Wildman–Crippen MR) is 67.8 cm³/mol. The molecule has 0 radical (unpaired) electrons. The summed E-state index contributed by atoms with van der Waals surface area (Å²) < 4.78 is 2.28. The molecule has 2 aromatic rings. The van der Waals surface area contributed by atoms with Crippen LogP contribution in [0.25, 0.3) is 0 Å². The monoisotopic (exact) mass is 243 g/mol. The first-order valence-corrected chi connectivity index (χ1v) is 6.33. The minimum atomic E-state index is 0.686. The summed E-state index contributed by atoms with van der Waals surface area (Å²) in [5, 5.41) is 3.40. The minimum Gasteiger partial charge on any atom is -0.330 e. The lowest BCUT2D eigenvalue weighted by molar-refractivity contribution is 0.613. The van der Waals surface area contributed by atoms with E-state index in [1.165, 1.54) is 18.5 Å². The van der Waals surface area contributed by atoms with Gasteiger partial charge in [0.15, 0.2) is 0 Å². The van der Waals surface area contributed by atoms with E-state index in [9.17, 15) is 0 Å². The van der Waals surface area contributed by atoms with Crippen LogP contribution in [-0.2, 0) is 13.1 Å². The van der Waals surface area contributed by atoms with E-state index >= 15 is 0 Å². The van der Waals surface area contributed by atoms with Gasteiger partial charge in [0.05, 0.1) is 17.7 Å². The van der Waals surface area contributed by atoms with Gasteiger partial charge in [-0.15, -0.1) is 0 Å². The van der Waals surface area contributed by atoms with Crippen LogP contribution in [0.1, 0.15) is 36.1 Å². The number of aromatic nitrogens is 4. The summed E-state index contributed by atoms with van der Waals surface area (Å²) in [5.41, 5.74) is 2.28. The van der Waals surface area contributed by atoms with Gasteiger partial charge in [-0.2, -0.15) is 0 Å². The molecule has 1 fully saturated rings. The van der Waals surface area contributed by atoms with Gasteiger partial charge in [0.1, 0.15) is 5.82 Å². The molecule has 94 valence electrons. The highest BCUT2D eigenvalue weighted by Crippen LogP contribution is 2.35. The fourth-order valence-electron chi connectivity index (χ4n) is 2.07. The van der Waals surface area contributed by atoms with Gasteiger partial charge in [-0.1, -0.05) is 0 Å². The van der Waals surface area contributed by atoms with Gasteiger partial charge in [0, 0.05) is 31.5 Å². The van der Waals surface area contributed by atoms with Crippen molar-refractivity contribution in [3.05, 3.63) is 42.0 Å². The number of hydrogen-bond acceptors (Lipinski definition) is 4. The molecule has 1 aliphatic carbocycles. The molecule has 5 heteroatoms. The Hall–Kier alpha value is -1.75. The van der Waals surface area contributed by atoms with Crippen molar-refractivity contribution in [2.24, 2.45) is 0 Å². The van der Waals surface area contributed by atoms with Crippen LogP contribution in [0, 0.1) is 6.92 Å². The summed E-state index contributed by atoms with van der Waals surface area (Å²) in [6.45, 7) is 3.50. The Morgan fingerprint density at radius 3 is 3.06 bits per heavy atom. The molecule has 0 bridgehead atoms. The van der Waals surface area contributed by atoms with Crippen LogP contribution < -0.4 is 5.32 Å². The molecule has 0 aliphatic heterocycles. The molecule has 0 aromatic carbocycles. The Balaban J connectivity index is 1.56. The van der Waals surface area contributed by atoms with Crippen molar-refractivity contribution in [3.8, 4) is 0 Å². The molecule has 1 saturated carbocycles. The molecule has 0 unspecified atom stereocenters. The molecule has 5 nitrogen and oxygen atoms in total. The Morgan fingerprint density at radius 2 is 2.28 bits per heavy atom. The van der Waals surface area contributed by atoms with Crippen molar-refractivity contribution in [2.45, 2.75) is 38.9 Å². The second kappa shape index (κ2) is 4.86. The third-order valence-electron chi connectivity index (χ3n) is 3.13. The number of hydrogen-bond donors (Lipinski definition) is 1. The van der Waals surface area contributed by atoms with Crippen LogP contribution in [0.3, 0.4) is 0 Å². The van der Waals surface area contributed by atoms with E-state index in [1.807, 2.05) is 25.5 Å². The van der Waals surface area contributed by atoms with Gasteiger partial charge >= 0.3 is 0 Å². The first-order chi connectivity index (χ1) is 8.83. The summed E-state index contributed by atoms with van der Waals surface area (Å²) in [4.78, 5) is 12.7. The maximum absolute atomic E-state index is 4.37. The first kappa shape index (κ1) is 11.3. The van der Waals surface area contributed by atoms with Crippen LogP contribution in [0.15, 0.2) is 24.8 Å². The average Bonchev–Trinajstić information content (AvgIpc) is 3.10. The van der Waals surface area contributed by atoms with Crippen molar-refractivity contribution < 1.29 is 0 Å². The van der Waals surface area contributed by atoms with E-state index in [2.05, 4.69) is 24.8 Å². The lowest BCUT2D eigenvalue weighted by Crippen LogP contribution is -2.16. The summed E-state index contributed by atoms with van der Waals surface area (Å²) in [7, 11) is 0. The Bertz CT molecular complexity index is 530. The van der Waals surface area contributed by atoms with Crippen molar-refractivity contribution >= 4 is 0 Å². The van der Waals surface area contributed by atoms with Gasteiger partial charge in [-0.05, 0) is 25.8 Å². The molecule has 3 rings (SSSR count). The molecular weight excluding hydrogens is 226 g/mol.